The Morgan fingerprint density at radius 1 is 1.31 bits per heavy atom. The summed E-state index contributed by atoms with van der Waals surface area (Å²) < 4.78 is 0. The first-order valence-corrected chi connectivity index (χ1v) is 5.79. The van der Waals surface area contributed by atoms with Crippen LogP contribution in [0, 0.1) is 0 Å². The number of rotatable bonds is 1. The Bertz CT molecular complexity index is 422. The van der Waals surface area contributed by atoms with Crippen molar-refractivity contribution in [3.63, 3.8) is 0 Å². The fourth-order valence-electron chi connectivity index (χ4n) is 1.77. The summed E-state index contributed by atoms with van der Waals surface area (Å²) in [5.74, 6) is -0.273. The summed E-state index contributed by atoms with van der Waals surface area (Å²) in [5, 5.41) is 10.3. The smallest absolute Gasteiger partial charge is 0.255 e. The van der Waals surface area contributed by atoms with E-state index in [4.69, 9.17) is 23.2 Å². The van der Waals surface area contributed by atoms with Crippen molar-refractivity contribution in [2.45, 2.75) is 18.9 Å². The first-order chi connectivity index (χ1) is 7.59. The van der Waals surface area contributed by atoms with Gasteiger partial charge in [0.2, 0.25) is 0 Å². The lowest BCUT2D eigenvalue weighted by atomic mass is 10.1. The Labute approximate surface area is 104 Å². The minimum atomic E-state index is -0.900. The molecule has 0 spiro atoms. The molecule has 1 aromatic carbocycles. The molecule has 1 aliphatic heterocycles. The number of piperidine rings is 1. The number of aliphatic hydroxyl groups is 1. The number of benzene rings is 1. The Balaban J connectivity index is 2.29. The van der Waals surface area contributed by atoms with Gasteiger partial charge in [0, 0.05) is 12.2 Å². The monoisotopic (exact) mass is 259 g/mol. The Hall–Kier alpha value is -0.770. The van der Waals surface area contributed by atoms with Gasteiger partial charge in [-0.3, -0.25) is 4.79 Å². The van der Waals surface area contributed by atoms with Crippen molar-refractivity contribution in [3.05, 3.63) is 28.2 Å². The van der Waals surface area contributed by atoms with Gasteiger partial charge in [-0.25, -0.2) is 0 Å². The predicted molar refractivity (Wildman–Crippen MR) is 64.1 cm³/mol. The van der Waals surface area contributed by atoms with Crippen molar-refractivity contribution in [1.82, 2.24) is 0 Å². The minimum Gasteiger partial charge on any atom is -0.383 e. The molecule has 0 aliphatic carbocycles. The van der Waals surface area contributed by atoms with Crippen LogP contribution in [-0.4, -0.2) is 23.7 Å². The van der Waals surface area contributed by atoms with E-state index in [0.29, 0.717) is 28.7 Å². The maximum atomic E-state index is 11.7. The lowest BCUT2D eigenvalue weighted by molar-refractivity contribution is -0.128. The van der Waals surface area contributed by atoms with Crippen molar-refractivity contribution >= 4 is 34.8 Å². The van der Waals surface area contributed by atoms with Crippen molar-refractivity contribution < 1.29 is 9.90 Å². The molecule has 1 unspecified atom stereocenters. The standard InChI is InChI=1S/C11H11Cl2NO2/c12-8-4-3-7(6-9(8)13)14-5-1-2-10(15)11(14)16/h3-4,6,10,15H,1-2,5H2. The summed E-state index contributed by atoms with van der Waals surface area (Å²) >= 11 is 11.7. The van der Waals surface area contributed by atoms with Crippen molar-refractivity contribution in [1.29, 1.82) is 0 Å². The SMILES string of the molecule is O=C1C(O)CCCN1c1ccc(Cl)c(Cl)c1. The number of amides is 1. The predicted octanol–water partition coefficient (Wildman–Crippen LogP) is 2.48. The van der Waals surface area contributed by atoms with Crippen LogP contribution >= 0.6 is 23.2 Å². The van der Waals surface area contributed by atoms with Gasteiger partial charge in [0.15, 0.2) is 0 Å². The zero-order valence-electron chi connectivity index (χ0n) is 8.49. The highest BCUT2D eigenvalue weighted by atomic mass is 35.5. The fourth-order valence-corrected chi connectivity index (χ4v) is 2.06. The Morgan fingerprint density at radius 2 is 2.06 bits per heavy atom. The Morgan fingerprint density at radius 3 is 2.75 bits per heavy atom. The van der Waals surface area contributed by atoms with Gasteiger partial charge in [0.1, 0.15) is 6.10 Å². The van der Waals surface area contributed by atoms with E-state index in [-0.39, 0.29) is 5.91 Å². The second-order valence-corrected chi connectivity index (χ2v) is 4.56. The zero-order valence-corrected chi connectivity index (χ0v) is 10.0. The van der Waals surface area contributed by atoms with Crippen LogP contribution in [0.3, 0.4) is 0 Å². The molecule has 0 saturated carbocycles. The van der Waals surface area contributed by atoms with E-state index in [0.717, 1.165) is 6.42 Å². The number of nitrogens with zero attached hydrogens (tertiary/aromatic N) is 1. The summed E-state index contributed by atoms with van der Waals surface area (Å²) in [5.41, 5.74) is 0.679. The quantitative estimate of drug-likeness (QED) is 0.842. The average Bonchev–Trinajstić information content (AvgIpc) is 2.26. The van der Waals surface area contributed by atoms with Gasteiger partial charge in [-0.2, -0.15) is 0 Å². The molecular weight excluding hydrogens is 249 g/mol. The van der Waals surface area contributed by atoms with Gasteiger partial charge < -0.3 is 10.0 Å². The molecule has 0 radical (unpaired) electrons. The number of hydrogen-bond acceptors (Lipinski definition) is 2. The van der Waals surface area contributed by atoms with E-state index in [1.54, 1.807) is 18.2 Å². The molecule has 5 heteroatoms. The number of carbonyl (C=O) groups is 1. The van der Waals surface area contributed by atoms with Crippen LogP contribution in [0.15, 0.2) is 18.2 Å². The van der Waals surface area contributed by atoms with Crippen LogP contribution < -0.4 is 4.90 Å². The first kappa shape index (κ1) is 11.7. The van der Waals surface area contributed by atoms with E-state index in [2.05, 4.69) is 0 Å². The van der Waals surface area contributed by atoms with Gasteiger partial charge in [0.25, 0.3) is 5.91 Å². The van der Waals surface area contributed by atoms with E-state index >= 15 is 0 Å². The topological polar surface area (TPSA) is 40.5 Å². The number of carbonyl (C=O) groups excluding carboxylic acids is 1. The molecule has 1 aliphatic rings. The molecule has 86 valence electrons. The summed E-state index contributed by atoms with van der Waals surface area (Å²) in [7, 11) is 0. The lowest BCUT2D eigenvalue weighted by Gasteiger charge is -2.30. The molecule has 1 heterocycles. The normalized spacial score (nSPS) is 21.3. The van der Waals surface area contributed by atoms with E-state index in [9.17, 15) is 9.90 Å². The summed E-state index contributed by atoms with van der Waals surface area (Å²) in [6.45, 7) is 0.605. The van der Waals surface area contributed by atoms with Crippen LogP contribution in [0.2, 0.25) is 10.0 Å². The molecule has 1 atom stereocenters. The van der Waals surface area contributed by atoms with Crippen molar-refractivity contribution in [2.75, 3.05) is 11.4 Å². The molecule has 1 amide bonds. The molecule has 1 fully saturated rings. The summed E-state index contributed by atoms with van der Waals surface area (Å²) in [6, 6.07) is 5.01. The molecular formula is C11H11Cl2NO2. The highest BCUT2D eigenvalue weighted by Gasteiger charge is 2.27. The van der Waals surface area contributed by atoms with Gasteiger partial charge in [-0.1, -0.05) is 23.2 Å². The summed E-state index contributed by atoms with van der Waals surface area (Å²) in [4.78, 5) is 13.3. The van der Waals surface area contributed by atoms with Gasteiger partial charge in [-0.05, 0) is 31.0 Å². The van der Waals surface area contributed by atoms with Crippen LogP contribution in [0.1, 0.15) is 12.8 Å². The fraction of sp³-hybridized carbons (Fsp3) is 0.364. The summed E-state index contributed by atoms with van der Waals surface area (Å²) in [6.07, 6.45) is 0.410. The Kier molecular flexibility index (Phi) is 3.38. The molecule has 16 heavy (non-hydrogen) atoms. The number of anilines is 1. The molecule has 1 saturated heterocycles. The van der Waals surface area contributed by atoms with Crippen molar-refractivity contribution in [2.24, 2.45) is 0 Å². The molecule has 3 nitrogen and oxygen atoms in total. The van der Waals surface area contributed by atoms with Gasteiger partial charge in [-0.15, -0.1) is 0 Å². The number of hydrogen-bond donors (Lipinski definition) is 1. The molecule has 1 N–H and O–H groups in total. The van der Waals surface area contributed by atoms with Crippen LogP contribution in [0.5, 0.6) is 0 Å². The highest BCUT2D eigenvalue weighted by molar-refractivity contribution is 6.42. The number of aliphatic hydroxyl groups excluding tert-OH is 1. The second kappa shape index (κ2) is 4.62. The number of halogens is 2. The minimum absolute atomic E-state index is 0.273. The third-order valence-corrected chi connectivity index (χ3v) is 3.36. The van der Waals surface area contributed by atoms with E-state index in [1.807, 2.05) is 0 Å². The van der Waals surface area contributed by atoms with E-state index in [1.165, 1.54) is 4.90 Å². The van der Waals surface area contributed by atoms with Crippen molar-refractivity contribution in [3.8, 4) is 0 Å². The maximum Gasteiger partial charge on any atom is 0.255 e. The van der Waals surface area contributed by atoms with E-state index < -0.39 is 6.10 Å². The maximum absolute atomic E-state index is 11.7. The van der Waals surface area contributed by atoms with Crippen LogP contribution in [-0.2, 0) is 4.79 Å². The molecule has 2 rings (SSSR count). The highest BCUT2D eigenvalue weighted by Crippen LogP contribution is 2.29. The van der Waals surface area contributed by atoms with Crippen LogP contribution in [0.4, 0.5) is 5.69 Å². The lowest BCUT2D eigenvalue weighted by Crippen LogP contribution is -2.44. The molecule has 1 aromatic rings. The third kappa shape index (κ3) is 2.17. The van der Waals surface area contributed by atoms with Crippen LogP contribution in [0.25, 0.3) is 0 Å². The largest absolute Gasteiger partial charge is 0.383 e. The average molecular weight is 260 g/mol. The van der Waals surface area contributed by atoms with Gasteiger partial charge in [0.05, 0.1) is 10.0 Å². The zero-order chi connectivity index (χ0) is 11.7. The first-order valence-electron chi connectivity index (χ1n) is 5.04. The van der Waals surface area contributed by atoms with Gasteiger partial charge >= 0.3 is 0 Å². The third-order valence-electron chi connectivity index (χ3n) is 2.63. The molecule has 0 aromatic heterocycles. The molecule has 0 bridgehead atoms. The second-order valence-electron chi connectivity index (χ2n) is 3.75.